The first kappa shape index (κ1) is 18.2. The summed E-state index contributed by atoms with van der Waals surface area (Å²) in [4.78, 5) is 0. The first-order valence-corrected chi connectivity index (χ1v) is 9.63. The lowest BCUT2D eigenvalue weighted by Gasteiger charge is -2.64. The average Bonchev–Trinajstić information content (AvgIpc) is 2.47. The molecule has 0 bridgehead atoms. The molecule has 3 rings (SSSR count). The quantitative estimate of drug-likeness (QED) is 0.679. The van der Waals surface area contributed by atoms with Crippen LogP contribution >= 0.6 is 0 Å². The van der Waals surface area contributed by atoms with Gasteiger partial charge in [-0.3, -0.25) is 0 Å². The molecule has 3 aliphatic carbocycles. The highest BCUT2D eigenvalue weighted by Gasteiger charge is 2.63. The summed E-state index contributed by atoms with van der Waals surface area (Å²) >= 11 is 0. The van der Waals surface area contributed by atoms with Gasteiger partial charge in [0.15, 0.2) is 0 Å². The van der Waals surface area contributed by atoms with Crippen LogP contribution in [0.1, 0.15) is 78.6 Å². The zero-order valence-electron chi connectivity index (χ0n) is 15.5. The summed E-state index contributed by atoms with van der Waals surface area (Å²) in [5.74, 6) is 3.79. The normalized spacial score (nSPS) is 49.0. The van der Waals surface area contributed by atoms with Crippen molar-refractivity contribution in [3.63, 3.8) is 0 Å². The third-order valence-corrected chi connectivity index (χ3v) is 8.25. The number of aliphatic hydroxyl groups is 3. The van der Waals surface area contributed by atoms with Gasteiger partial charge in [0, 0.05) is 18.3 Å². The molecule has 0 heterocycles. The highest BCUT2D eigenvalue weighted by molar-refractivity contribution is 5.16. The molecule has 3 saturated carbocycles. The number of rotatable bonds is 2. The number of aliphatic hydroxyl groups excluding tert-OH is 1. The smallest absolute Gasteiger partial charge is 0.0740 e. The fourth-order valence-corrected chi connectivity index (χ4v) is 6.34. The van der Waals surface area contributed by atoms with E-state index in [1.807, 2.05) is 13.8 Å². The molecule has 0 amide bonds. The third kappa shape index (κ3) is 2.54. The van der Waals surface area contributed by atoms with Crippen molar-refractivity contribution in [1.29, 1.82) is 0 Å². The Morgan fingerprint density at radius 2 is 1.83 bits per heavy atom. The minimum Gasteiger partial charge on any atom is -0.393 e. The van der Waals surface area contributed by atoms with Crippen molar-refractivity contribution in [2.45, 2.75) is 95.9 Å². The van der Waals surface area contributed by atoms with Crippen LogP contribution in [0.25, 0.3) is 0 Å². The van der Waals surface area contributed by atoms with E-state index < -0.39 is 17.3 Å². The lowest BCUT2D eigenvalue weighted by molar-refractivity contribution is -0.223. The summed E-state index contributed by atoms with van der Waals surface area (Å²) in [5.41, 5.74) is -1.83. The van der Waals surface area contributed by atoms with Crippen molar-refractivity contribution in [3.8, 4) is 12.3 Å². The van der Waals surface area contributed by atoms with Gasteiger partial charge in [-0.2, -0.15) is 0 Å². The Kier molecular flexibility index (Phi) is 4.35. The van der Waals surface area contributed by atoms with Crippen molar-refractivity contribution in [2.75, 3.05) is 0 Å². The van der Waals surface area contributed by atoms with Gasteiger partial charge in [0.2, 0.25) is 0 Å². The summed E-state index contributed by atoms with van der Waals surface area (Å²) in [7, 11) is 0. The molecule has 3 aliphatic rings. The van der Waals surface area contributed by atoms with Gasteiger partial charge >= 0.3 is 0 Å². The highest BCUT2D eigenvalue weighted by atomic mass is 16.3. The van der Waals surface area contributed by atoms with E-state index in [9.17, 15) is 15.3 Å². The van der Waals surface area contributed by atoms with Crippen molar-refractivity contribution in [2.24, 2.45) is 22.7 Å². The molecule has 3 N–H and O–H groups in total. The van der Waals surface area contributed by atoms with Crippen molar-refractivity contribution >= 4 is 0 Å². The van der Waals surface area contributed by atoms with E-state index in [1.165, 1.54) is 0 Å². The monoisotopic (exact) mass is 334 g/mol. The predicted molar refractivity (Wildman–Crippen MR) is 95.2 cm³/mol. The fourth-order valence-electron chi connectivity index (χ4n) is 6.34. The summed E-state index contributed by atoms with van der Waals surface area (Å²) in [6, 6.07) is 0. The Balaban J connectivity index is 1.93. The van der Waals surface area contributed by atoms with Crippen LogP contribution in [-0.4, -0.2) is 32.6 Å². The molecule has 0 aromatic carbocycles. The van der Waals surface area contributed by atoms with E-state index in [2.05, 4.69) is 12.8 Å². The Labute approximate surface area is 146 Å². The van der Waals surface area contributed by atoms with E-state index in [0.29, 0.717) is 24.7 Å². The van der Waals surface area contributed by atoms with Crippen LogP contribution in [0.2, 0.25) is 0 Å². The molecule has 3 heteroatoms. The number of fused-ring (bicyclic) bond motifs is 3. The summed E-state index contributed by atoms with van der Waals surface area (Å²) in [6.07, 6.45) is 12.7. The highest BCUT2D eigenvalue weighted by Crippen LogP contribution is 2.65. The number of hydrogen-bond donors (Lipinski definition) is 3. The zero-order chi connectivity index (χ0) is 17.8. The Morgan fingerprint density at radius 1 is 1.12 bits per heavy atom. The molecule has 24 heavy (non-hydrogen) atoms. The van der Waals surface area contributed by atoms with Gasteiger partial charge in [-0.1, -0.05) is 6.92 Å². The van der Waals surface area contributed by atoms with Crippen molar-refractivity contribution in [3.05, 3.63) is 0 Å². The SMILES string of the molecule is C#CC[C@]12CC[C@H](O)C[C@]1(O)CC[C@H]1C[C@@](C)(C(C)(C)O)CC[C@@H]12. The van der Waals surface area contributed by atoms with Crippen LogP contribution in [0.5, 0.6) is 0 Å². The maximum atomic E-state index is 11.5. The largest absolute Gasteiger partial charge is 0.393 e. The number of terminal acetylenes is 1. The molecule has 0 saturated heterocycles. The molecule has 3 nitrogen and oxygen atoms in total. The second-order valence-corrected chi connectivity index (χ2v) is 9.73. The lowest BCUT2D eigenvalue weighted by atomic mass is 9.43. The topological polar surface area (TPSA) is 60.7 Å². The van der Waals surface area contributed by atoms with Crippen LogP contribution in [0.3, 0.4) is 0 Å². The van der Waals surface area contributed by atoms with Gasteiger partial charge in [-0.05, 0) is 76.0 Å². The molecule has 0 aliphatic heterocycles. The Bertz CT molecular complexity index is 530. The summed E-state index contributed by atoms with van der Waals surface area (Å²) < 4.78 is 0. The first-order chi connectivity index (χ1) is 11.1. The molecular weight excluding hydrogens is 300 g/mol. The van der Waals surface area contributed by atoms with E-state index >= 15 is 0 Å². The van der Waals surface area contributed by atoms with Gasteiger partial charge in [0.05, 0.1) is 17.3 Å². The maximum absolute atomic E-state index is 11.5. The van der Waals surface area contributed by atoms with Gasteiger partial charge in [0.25, 0.3) is 0 Å². The second-order valence-electron chi connectivity index (χ2n) is 9.73. The Hall–Kier alpha value is -0.560. The van der Waals surface area contributed by atoms with Crippen molar-refractivity contribution < 1.29 is 15.3 Å². The van der Waals surface area contributed by atoms with Crippen LogP contribution < -0.4 is 0 Å². The number of hydrogen-bond acceptors (Lipinski definition) is 3. The van der Waals surface area contributed by atoms with E-state index in [0.717, 1.165) is 44.9 Å². The molecule has 0 radical (unpaired) electrons. The molecule has 0 unspecified atom stereocenters. The standard InChI is InChI=1S/C21H34O3/c1-5-9-20-11-7-16(22)14-21(20,24)12-6-15-13-19(4,18(2,3)23)10-8-17(15)20/h1,15-17,22-24H,6-14H2,2-4H3/t15-,16-,17-,19-,20+,21+/m0/s1. The van der Waals surface area contributed by atoms with Crippen LogP contribution in [0.15, 0.2) is 0 Å². The molecule has 6 atom stereocenters. The van der Waals surface area contributed by atoms with Gasteiger partial charge in [0.1, 0.15) is 0 Å². The molecule has 0 aromatic rings. The first-order valence-electron chi connectivity index (χ1n) is 9.63. The van der Waals surface area contributed by atoms with E-state index in [-0.39, 0.29) is 10.8 Å². The predicted octanol–water partition coefficient (Wildman–Crippen LogP) is 3.26. The Morgan fingerprint density at radius 3 is 2.46 bits per heavy atom. The molecule has 136 valence electrons. The zero-order valence-corrected chi connectivity index (χ0v) is 15.5. The molecule has 0 spiro atoms. The average molecular weight is 335 g/mol. The fraction of sp³-hybridized carbons (Fsp3) is 0.905. The van der Waals surface area contributed by atoms with E-state index in [4.69, 9.17) is 6.42 Å². The third-order valence-electron chi connectivity index (χ3n) is 8.25. The van der Waals surface area contributed by atoms with Crippen LogP contribution in [0.4, 0.5) is 0 Å². The summed E-state index contributed by atoms with van der Waals surface area (Å²) in [5, 5.41) is 32.3. The van der Waals surface area contributed by atoms with Gasteiger partial charge in [-0.15, -0.1) is 12.3 Å². The second kappa shape index (κ2) is 5.73. The maximum Gasteiger partial charge on any atom is 0.0740 e. The molecule has 0 aromatic heterocycles. The van der Waals surface area contributed by atoms with Gasteiger partial charge < -0.3 is 15.3 Å². The van der Waals surface area contributed by atoms with Crippen molar-refractivity contribution in [1.82, 2.24) is 0 Å². The minimum absolute atomic E-state index is 0.0743. The lowest BCUT2D eigenvalue weighted by Crippen LogP contribution is -2.63. The van der Waals surface area contributed by atoms with E-state index in [1.54, 1.807) is 0 Å². The molecular formula is C21H34O3. The van der Waals surface area contributed by atoms with Crippen LogP contribution in [0, 0.1) is 35.0 Å². The van der Waals surface area contributed by atoms with Gasteiger partial charge in [-0.25, -0.2) is 0 Å². The summed E-state index contributed by atoms with van der Waals surface area (Å²) in [6.45, 7) is 6.07. The van der Waals surface area contributed by atoms with Crippen LogP contribution in [-0.2, 0) is 0 Å². The minimum atomic E-state index is -0.819. The molecule has 3 fully saturated rings.